The van der Waals surface area contributed by atoms with Crippen LogP contribution in [0.1, 0.15) is 50.2 Å². The molecule has 0 radical (unpaired) electrons. The number of ether oxygens (including phenoxy) is 2. The zero-order valence-corrected chi connectivity index (χ0v) is 16.2. The van der Waals surface area contributed by atoms with Gasteiger partial charge in [0.05, 0.1) is 6.61 Å². The average Bonchev–Trinajstić information content (AvgIpc) is 2.68. The monoisotopic (exact) mass is 373 g/mol. The van der Waals surface area contributed by atoms with Crippen LogP contribution in [0.3, 0.4) is 0 Å². The van der Waals surface area contributed by atoms with Crippen LogP contribution in [0.15, 0.2) is 42.5 Å². The average molecular weight is 374 g/mol. The Bertz CT molecular complexity index is 684. The fraction of sp³-hybridized carbons (Fsp3) is 0.455. The van der Waals surface area contributed by atoms with E-state index in [0.29, 0.717) is 25.0 Å². The van der Waals surface area contributed by atoms with Gasteiger partial charge in [-0.2, -0.15) is 0 Å². The lowest BCUT2D eigenvalue weighted by molar-refractivity contribution is 0.269. The van der Waals surface area contributed by atoms with Crippen molar-refractivity contribution in [3.05, 3.63) is 58.6 Å². The second kappa shape index (κ2) is 9.84. The van der Waals surface area contributed by atoms with Crippen molar-refractivity contribution in [1.82, 2.24) is 5.32 Å². The fourth-order valence-electron chi connectivity index (χ4n) is 3.39. The van der Waals surface area contributed by atoms with Gasteiger partial charge in [-0.1, -0.05) is 61.2 Å². The number of benzene rings is 2. The van der Waals surface area contributed by atoms with Gasteiger partial charge in [0.1, 0.15) is 6.61 Å². The van der Waals surface area contributed by atoms with Gasteiger partial charge in [-0.25, -0.2) is 0 Å². The Kier molecular flexibility index (Phi) is 7.22. The van der Waals surface area contributed by atoms with E-state index < -0.39 is 0 Å². The number of hydrogen-bond acceptors (Lipinski definition) is 3. The number of rotatable bonds is 8. The molecule has 0 atom stereocenters. The Labute approximate surface area is 161 Å². The third kappa shape index (κ3) is 5.39. The molecule has 0 heterocycles. The van der Waals surface area contributed by atoms with E-state index in [1.807, 2.05) is 49.4 Å². The highest BCUT2D eigenvalue weighted by Crippen LogP contribution is 2.34. The summed E-state index contributed by atoms with van der Waals surface area (Å²) in [5, 5.41) is 4.37. The molecule has 0 bridgehead atoms. The van der Waals surface area contributed by atoms with Gasteiger partial charge in [0.2, 0.25) is 0 Å². The van der Waals surface area contributed by atoms with Gasteiger partial charge in [-0.05, 0) is 37.0 Å². The Morgan fingerprint density at radius 3 is 2.46 bits per heavy atom. The summed E-state index contributed by atoms with van der Waals surface area (Å²) >= 11 is 6.53. The first-order valence-electron chi connectivity index (χ1n) is 9.61. The molecule has 4 heteroatoms. The standard InChI is InChI=1S/C22H28ClNO2/c1-2-25-21-13-18(15-24-19-11-7-4-8-12-19)20(23)14-22(21)26-16-17-9-5-3-6-10-17/h3,5-6,9-10,13-14,19,24H,2,4,7-8,11-12,15-16H2,1H3. The molecular formula is C22H28ClNO2. The first-order chi connectivity index (χ1) is 12.8. The number of halogens is 1. The summed E-state index contributed by atoms with van der Waals surface area (Å²) in [5.74, 6) is 1.45. The van der Waals surface area contributed by atoms with Crippen molar-refractivity contribution in [2.24, 2.45) is 0 Å². The molecule has 0 aromatic heterocycles. The number of hydrogen-bond donors (Lipinski definition) is 1. The van der Waals surface area contributed by atoms with Crippen molar-refractivity contribution in [2.75, 3.05) is 6.61 Å². The molecule has 140 valence electrons. The first kappa shape index (κ1) is 19.1. The highest BCUT2D eigenvalue weighted by molar-refractivity contribution is 6.31. The minimum absolute atomic E-state index is 0.497. The van der Waals surface area contributed by atoms with E-state index in [0.717, 1.165) is 28.4 Å². The Balaban J connectivity index is 1.68. The fourth-order valence-corrected chi connectivity index (χ4v) is 3.61. The van der Waals surface area contributed by atoms with E-state index in [1.54, 1.807) is 0 Å². The van der Waals surface area contributed by atoms with E-state index in [4.69, 9.17) is 21.1 Å². The van der Waals surface area contributed by atoms with Crippen LogP contribution in [0.2, 0.25) is 5.02 Å². The summed E-state index contributed by atoms with van der Waals surface area (Å²) in [7, 11) is 0. The van der Waals surface area contributed by atoms with Crippen LogP contribution >= 0.6 is 11.6 Å². The predicted molar refractivity (Wildman–Crippen MR) is 107 cm³/mol. The summed E-state index contributed by atoms with van der Waals surface area (Å²) < 4.78 is 11.8. The van der Waals surface area contributed by atoms with E-state index in [2.05, 4.69) is 5.32 Å². The predicted octanol–water partition coefficient (Wildman–Crippen LogP) is 5.74. The molecule has 0 spiro atoms. The van der Waals surface area contributed by atoms with Gasteiger partial charge in [0, 0.05) is 23.7 Å². The normalized spacial score (nSPS) is 15.0. The van der Waals surface area contributed by atoms with E-state index in [1.165, 1.54) is 32.1 Å². The summed E-state index contributed by atoms with van der Waals surface area (Å²) in [6.45, 7) is 3.84. The quantitative estimate of drug-likeness (QED) is 0.640. The van der Waals surface area contributed by atoms with Gasteiger partial charge in [-0.15, -0.1) is 0 Å². The Hall–Kier alpha value is -1.71. The second-order valence-corrected chi connectivity index (χ2v) is 7.22. The van der Waals surface area contributed by atoms with Crippen LogP contribution in [0.25, 0.3) is 0 Å². The Morgan fingerprint density at radius 2 is 1.73 bits per heavy atom. The zero-order valence-electron chi connectivity index (χ0n) is 15.5. The first-order valence-corrected chi connectivity index (χ1v) is 9.99. The summed E-state index contributed by atoms with van der Waals surface area (Å²) in [4.78, 5) is 0. The largest absolute Gasteiger partial charge is 0.490 e. The third-order valence-electron chi connectivity index (χ3n) is 4.84. The zero-order chi connectivity index (χ0) is 18.2. The maximum Gasteiger partial charge on any atom is 0.163 e. The molecule has 0 amide bonds. The minimum atomic E-state index is 0.497. The molecule has 1 aliphatic rings. The van der Waals surface area contributed by atoms with E-state index in [9.17, 15) is 0 Å². The van der Waals surface area contributed by atoms with Gasteiger partial charge in [0.15, 0.2) is 11.5 Å². The van der Waals surface area contributed by atoms with Gasteiger partial charge in [0.25, 0.3) is 0 Å². The molecule has 1 fully saturated rings. The van der Waals surface area contributed by atoms with Crippen molar-refractivity contribution in [3.63, 3.8) is 0 Å². The molecule has 0 unspecified atom stereocenters. The highest BCUT2D eigenvalue weighted by atomic mass is 35.5. The highest BCUT2D eigenvalue weighted by Gasteiger charge is 2.15. The molecule has 1 N–H and O–H groups in total. The molecule has 3 nitrogen and oxygen atoms in total. The van der Waals surface area contributed by atoms with Gasteiger partial charge >= 0.3 is 0 Å². The molecule has 0 aliphatic heterocycles. The summed E-state index contributed by atoms with van der Waals surface area (Å²) in [5.41, 5.74) is 2.18. The smallest absolute Gasteiger partial charge is 0.163 e. The van der Waals surface area contributed by atoms with Crippen LogP contribution in [-0.4, -0.2) is 12.6 Å². The van der Waals surface area contributed by atoms with Crippen LogP contribution in [0.4, 0.5) is 0 Å². The lowest BCUT2D eigenvalue weighted by atomic mass is 9.95. The lowest BCUT2D eigenvalue weighted by Gasteiger charge is -2.23. The maximum atomic E-state index is 6.53. The van der Waals surface area contributed by atoms with Crippen LogP contribution < -0.4 is 14.8 Å². The van der Waals surface area contributed by atoms with Crippen molar-refractivity contribution in [2.45, 2.75) is 58.2 Å². The van der Waals surface area contributed by atoms with Crippen molar-refractivity contribution in [1.29, 1.82) is 0 Å². The minimum Gasteiger partial charge on any atom is -0.490 e. The molecule has 0 saturated heterocycles. The van der Waals surface area contributed by atoms with E-state index in [-0.39, 0.29) is 0 Å². The van der Waals surface area contributed by atoms with Gasteiger partial charge in [-0.3, -0.25) is 0 Å². The van der Waals surface area contributed by atoms with Crippen LogP contribution in [0, 0.1) is 0 Å². The molecular weight excluding hydrogens is 346 g/mol. The third-order valence-corrected chi connectivity index (χ3v) is 5.19. The van der Waals surface area contributed by atoms with Crippen molar-refractivity contribution in [3.8, 4) is 11.5 Å². The molecule has 26 heavy (non-hydrogen) atoms. The lowest BCUT2D eigenvalue weighted by Crippen LogP contribution is -2.30. The number of nitrogens with one attached hydrogen (secondary N) is 1. The Morgan fingerprint density at radius 1 is 1.00 bits per heavy atom. The SMILES string of the molecule is CCOc1cc(CNC2CCCCC2)c(Cl)cc1OCc1ccccc1. The molecule has 2 aromatic carbocycles. The maximum absolute atomic E-state index is 6.53. The van der Waals surface area contributed by atoms with Gasteiger partial charge < -0.3 is 14.8 Å². The summed E-state index contributed by atoms with van der Waals surface area (Å²) in [6.07, 6.45) is 6.52. The summed E-state index contributed by atoms with van der Waals surface area (Å²) in [6, 6.07) is 14.6. The molecule has 2 aromatic rings. The van der Waals surface area contributed by atoms with Crippen molar-refractivity contribution >= 4 is 11.6 Å². The van der Waals surface area contributed by atoms with E-state index >= 15 is 0 Å². The van der Waals surface area contributed by atoms with Crippen LogP contribution in [0.5, 0.6) is 11.5 Å². The molecule has 1 aliphatic carbocycles. The molecule has 1 saturated carbocycles. The second-order valence-electron chi connectivity index (χ2n) is 6.81. The van der Waals surface area contributed by atoms with Crippen LogP contribution in [-0.2, 0) is 13.2 Å². The topological polar surface area (TPSA) is 30.5 Å². The van der Waals surface area contributed by atoms with Crippen molar-refractivity contribution < 1.29 is 9.47 Å². The molecule has 3 rings (SSSR count).